The number of carbonyl (C=O) groups excluding carboxylic acids is 1. The predicted molar refractivity (Wildman–Crippen MR) is 95.2 cm³/mol. The number of rotatable bonds is 4. The van der Waals surface area contributed by atoms with Gasteiger partial charge in [-0.25, -0.2) is 0 Å². The molecule has 0 aromatic heterocycles. The Hall–Kier alpha value is -1.80. The van der Waals surface area contributed by atoms with E-state index in [1.165, 1.54) is 18.5 Å². The summed E-state index contributed by atoms with van der Waals surface area (Å²) in [5, 5.41) is 0. The van der Waals surface area contributed by atoms with Gasteiger partial charge in [-0.3, -0.25) is 4.79 Å². The van der Waals surface area contributed by atoms with Crippen LogP contribution in [0.4, 0.5) is 5.69 Å². The Morgan fingerprint density at radius 3 is 2.32 bits per heavy atom. The minimum atomic E-state index is 0. The first-order valence-electron chi connectivity index (χ1n) is 7.78. The van der Waals surface area contributed by atoms with Crippen molar-refractivity contribution in [3.8, 4) is 11.1 Å². The maximum absolute atomic E-state index is 12.4. The van der Waals surface area contributed by atoms with Gasteiger partial charge in [-0.15, -0.1) is 12.4 Å². The van der Waals surface area contributed by atoms with Crippen LogP contribution in [-0.4, -0.2) is 18.9 Å². The lowest BCUT2D eigenvalue weighted by molar-refractivity contribution is 0.0989. The van der Waals surface area contributed by atoms with Crippen LogP contribution in [0.25, 0.3) is 11.1 Å². The van der Waals surface area contributed by atoms with E-state index < -0.39 is 0 Å². The van der Waals surface area contributed by atoms with Crippen LogP contribution in [0.15, 0.2) is 48.5 Å². The van der Waals surface area contributed by atoms with Crippen molar-refractivity contribution < 1.29 is 4.79 Å². The Kier molecular flexibility index (Phi) is 5.62. The van der Waals surface area contributed by atoms with Crippen molar-refractivity contribution in [2.45, 2.75) is 26.2 Å². The van der Waals surface area contributed by atoms with E-state index in [-0.39, 0.29) is 18.2 Å². The molecule has 2 aromatic carbocycles. The summed E-state index contributed by atoms with van der Waals surface area (Å²) in [6.07, 6.45) is 3.02. The number of carbonyl (C=O) groups is 1. The summed E-state index contributed by atoms with van der Waals surface area (Å²) in [5.41, 5.74) is 4.30. The van der Waals surface area contributed by atoms with Gasteiger partial charge < -0.3 is 4.90 Å². The Labute approximate surface area is 138 Å². The molecule has 0 saturated carbocycles. The van der Waals surface area contributed by atoms with E-state index in [4.69, 9.17) is 0 Å². The van der Waals surface area contributed by atoms with E-state index >= 15 is 0 Å². The average Bonchev–Trinajstić information content (AvgIpc) is 3.08. The number of ketones is 1. The average molecular weight is 316 g/mol. The number of anilines is 1. The molecule has 0 unspecified atom stereocenters. The van der Waals surface area contributed by atoms with Crippen LogP contribution in [0, 0.1) is 0 Å². The monoisotopic (exact) mass is 315 g/mol. The minimum Gasteiger partial charge on any atom is -0.371 e. The molecule has 0 bridgehead atoms. The zero-order valence-corrected chi connectivity index (χ0v) is 13.7. The fourth-order valence-electron chi connectivity index (χ4n) is 3.09. The van der Waals surface area contributed by atoms with Crippen molar-refractivity contribution in [1.82, 2.24) is 0 Å². The van der Waals surface area contributed by atoms with E-state index in [0.29, 0.717) is 6.42 Å². The molecule has 1 aliphatic heterocycles. The van der Waals surface area contributed by atoms with Gasteiger partial charge in [0.2, 0.25) is 0 Å². The lowest BCUT2D eigenvalue weighted by Crippen LogP contribution is -2.19. The standard InChI is InChI=1S/C19H21NO.ClH/c1-2-18(21)16-11-8-12-17(20-13-6-7-14-20)19(16)15-9-4-3-5-10-15;/h3-5,8-12H,2,6-7,13-14H2,1H3;1H. The van der Waals surface area contributed by atoms with Crippen molar-refractivity contribution in [3.63, 3.8) is 0 Å². The van der Waals surface area contributed by atoms with E-state index in [1.54, 1.807) is 0 Å². The highest BCUT2D eigenvalue weighted by Crippen LogP contribution is 2.36. The first-order valence-corrected chi connectivity index (χ1v) is 7.78. The van der Waals surface area contributed by atoms with E-state index in [9.17, 15) is 4.79 Å². The summed E-state index contributed by atoms with van der Waals surface area (Å²) >= 11 is 0. The second-order valence-electron chi connectivity index (χ2n) is 5.54. The molecular weight excluding hydrogens is 294 g/mol. The van der Waals surface area contributed by atoms with Gasteiger partial charge in [-0.05, 0) is 24.5 Å². The van der Waals surface area contributed by atoms with Crippen LogP contribution < -0.4 is 4.90 Å². The summed E-state index contributed by atoms with van der Waals surface area (Å²) in [4.78, 5) is 14.8. The summed E-state index contributed by atoms with van der Waals surface area (Å²) < 4.78 is 0. The molecule has 1 aliphatic rings. The summed E-state index contributed by atoms with van der Waals surface area (Å²) in [6, 6.07) is 16.4. The molecule has 0 radical (unpaired) electrons. The van der Waals surface area contributed by atoms with Crippen molar-refractivity contribution in [2.75, 3.05) is 18.0 Å². The molecule has 0 amide bonds. The third kappa shape index (κ3) is 3.17. The van der Waals surface area contributed by atoms with Crippen LogP contribution >= 0.6 is 12.4 Å². The van der Waals surface area contributed by atoms with E-state index in [0.717, 1.165) is 29.8 Å². The molecule has 1 saturated heterocycles. The fourth-order valence-corrected chi connectivity index (χ4v) is 3.09. The zero-order chi connectivity index (χ0) is 14.7. The van der Waals surface area contributed by atoms with Gasteiger partial charge in [-0.1, -0.05) is 49.4 Å². The van der Waals surface area contributed by atoms with Crippen molar-refractivity contribution in [3.05, 3.63) is 54.1 Å². The fraction of sp³-hybridized carbons (Fsp3) is 0.316. The van der Waals surface area contributed by atoms with E-state index in [2.05, 4.69) is 23.1 Å². The van der Waals surface area contributed by atoms with Gasteiger partial charge >= 0.3 is 0 Å². The number of Topliss-reactive ketones (excluding diaryl/α,β-unsaturated/α-hetero) is 1. The molecule has 3 rings (SSSR count). The number of halogens is 1. The molecule has 0 spiro atoms. The van der Waals surface area contributed by atoms with Crippen LogP contribution in [0.3, 0.4) is 0 Å². The van der Waals surface area contributed by atoms with Crippen LogP contribution in [-0.2, 0) is 0 Å². The molecule has 1 fully saturated rings. The van der Waals surface area contributed by atoms with Crippen molar-refractivity contribution in [1.29, 1.82) is 0 Å². The molecule has 2 nitrogen and oxygen atoms in total. The quantitative estimate of drug-likeness (QED) is 0.743. The van der Waals surface area contributed by atoms with Gasteiger partial charge in [-0.2, -0.15) is 0 Å². The van der Waals surface area contributed by atoms with Crippen LogP contribution in [0.1, 0.15) is 36.5 Å². The van der Waals surface area contributed by atoms with Gasteiger partial charge in [0.1, 0.15) is 0 Å². The van der Waals surface area contributed by atoms with E-state index in [1.807, 2.05) is 37.3 Å². The number of nitrogens with zero attached hydrogens (tertiary/aromatic N) is 1. The highest BCUT2D eigenvalue weighted by atomic mass is 35.5. The summed E-state index contributed by atoms with van der Waals surface area (Å²) in [6.45, 7) is 4.10. The largest absolute Gasteiger partial charge is 0.371 e. The molecular formula is C19H22ClNO. The van der Waals surface area contributed by atoms with Crippen molar-refractivity contribution in [2.24, 2.45) is 0 Å². The summed E-state index contributed by atoms with van der Waals surface area (Å²) in [7, 11) is 0. The number of benzene rings is 2. The van der Waals surface area contributed by atoms with Gasteiger partial charge in [0.25, 0.3) is 0 Å². The Morgan fingerprint density at radius 2 is 1.68 bits per heavy atom. The SMILES string of the molecule is CCC(=O)c1cccc(N2CCCC2)c1-c1ccccc1.Cl. The zero-order valence-electron chi connectivity index (χ0n) is 12.9. The van der Waals surface area contributed by atoms with Crippen LogP contribution in [0.5, 0.6) is 0 Å². The maximum atomic E-state index is 12.4. The molecule has 3 heteroatoms. The van der Waals surface area contributed by atoms with Gasteiger partial charge in [0, 0.05) is 36.3 Å². The number of hydrogen-bond acceptors (Lipinski definition) is 2. The third-order valence-corrected chi connectivity index (χ3v) is 4.17. The van der Waals surface area contributed by atoms with Crippen molar-refractivity contribution >= 4 is 23.9 Å². The molecule has 2 aromatic rings. The highest BCUT2D eigenvalue weighted by Gasteiger charge is 2.20. The lowest BCUT2D eigenvalue weighted by atomic mass is 9.94. The molecule has 0 atom stereocenters. The Bertz CT molecular complexity index is 633. The number of hydrogen-bond donors (Lipinski definition) is 0. The third-order valence-electron chi connectivity index (χ3n) is 4.17. The van der Waals surface area contributed by atoms with Gasteiger partial charge in [0.15, 0.2) is 5.78 Å². The maximum Gasteiger partial charge on any atom is 0.163 e. The molecule has 116 valence electrons. The molecule has 22 heavy (non-hydrogen) atoms. The topological polar surface area (TPSA) is 20.3 Å². The first kappa shape index (κ1) is 16.6. The smallest absolute Gasteiger partial charge is 0.163 e. The predicted octanol–water partition coefficient (Wildman–Crippen LogP) is 4.97. The first-order chi connectivity index (χ1) is 10.3. The highest BCUT2D eigenvalue weighted by molar-refractivity contribution is 6.05. The Balaban J connectivity index is 0.00000176. The second-order valence-corrected chi connectivity index (χ2v) is 5.54. The normalized spacial score (nSPS) is 13.8. The molecule has 1 heterocycles. The minimum absolute atomic E-state index is 0. The van der Waals surface area contributed by atoms with Gasteiger partial charge in [0.05, 0.1) is 0 Å². The molecule has 0 N–H and O–H groups in total. The van der Waals surface area contributed by atoms with Crippen LogP contribution in [0.2, 0.25) is 0 Å². The molecule has 0 aliphatic carbocycles. The second kappa shape index (κ2) is 7.46. The Morgan fingerprint density at radius 1 is 1.00 bits per heavy atom. The lowest BCUT2D eigenvalue weighted by Gasteiger charge is -2.23. The summed E-state index contributed by atoms with van der Waals surface area (Å²) in [5.74, 6) is 0.217.